The quantitative estimate of drug-likeness (QED) is 0.220. The van der Waals surface area contributed by atoms with Gasteiger partial charge in [0.2, 0.25) is 0 Å². The Labute approximate surface area is 195 Å². The molecule has 0 aliphatic rings. The first-order valence-corrected chi connectivity index (χ1v) is 10.9. The van der Waals surface area contributed by atoms with Crippen LogP contribution in [0, 0.1) is 17.0 Å². The van der Waals surface area contributed by atoms with E-state index in [1.54, 1.807) is 38.1 Å². The number of H-pyrrole nitrogens is 1. The molecule has 0 saturated heterocycles. The second-order valence-corrected chi connectivity index (χ2v) is 8.28. The smallest absolute Gasteiger partial charge is 0.348 e. The molecule has 0 spiro atoms. The average Bonchev–Trinajstić information content (AvgIpc) is 3.38. The summed E-state index contributed by atoms with van der Waals surface area (Å²) in [6.07, 6.45) is 1.49. The van der Waals surface area contributed by atoms with E-state index in [0.29, 0.717) is 37.7 Å². The number of halogens is 1. The third-order valence-electron chi connectivity index (χ3n) is 4.75. The van der Waals surface area contributed by atoms with Gasteiger partial charge in [0.05, 0.1) is 21.9 Å². The molecule has 3 heterocycles. The van der Waals surface area contributed by atoms with Crippen LogP contribution in [0.4, 0.5) is 5.69 Å². The maximum Gasteiger partial charge on any atom is 0.348 e. The van der Waals surface area contributed by atoms with E-state index >= 15 is 0 Å². The fourth-order valence-corrected chi connectivity index (χ4v) is 4.45. The van der Waals surface area contributed by atoms with Crippen LogP contribution < -0.4 is 5.56 Å². The lowest BCUT2D eigenvalue weighted by molar-refractivity contribution is -0.384. The summed E-state index contributed by atoms with van der Waals surface area (Å²) in [6.45, 7) is 3.60. The Morgan fingerprint density at radius 1 is 1.30 bits per heavy atom. The van der Waals surface area contributed by atoms with Gasteiger partial charge in [0, 0.05) is 23.8 Å². The SMILES string of the molecule is CCOC(=O)c1sc2nc(/C(Cl)=C/c3ccc(-c4ccc([N+](=O)[O-])cc4)o3)[nH]c(=O)c2c1C. The predicted octanol–water partition coefficient (Wildman–Crippen LogP) is 5.37. The molecule has 0 atom stereocenters. The maximum atomic E-state index is 12.6. The molecule has 168 valence electrons. The molecule has 3 aromatic heterocycles. The van der Waals surface area contributed by atoms with Gasteiger partial charge in [0.25, 0.3) is 11.2 Å². The molecule has 0 fully saturated rings. The number of nitrogens with one attached hydrogen (secondary N) is 1. The maximum absolute atomic E-state index is 12.6. The van der Waals surface area contributed by atoms with Crippen LogP contribution in [0.2, 0.25) is 0 Å². The zero-order valence-electron chi connectivity index (χ0n) is 17.4. The molecular weight excluding hydrogens is 470 g/mol. The number of rotatable bonds is 6. The summed E-state index contributed by atoms with van der Waals surface area (Å²) >= 11 is 7.45. The van der Waals surface area contributed by atoms with Crippen molar-refractivity contribution in [1.82, 2.24) is 9.97 Å². The number of furan rings is 1. The van der Waals surface area contributed by atoms with E-state index in [1.165, 1.54) is 18.2 Å². The number of aromatic amines is 1. The fourth-order valence-electron chi connectivity index (χ4n) is 3.17. The van der Waals surface area contributed by atoms with Crippen molar-refractivity contribution in [1.29, 1.82) is 0 Å². The van der Waals surface area contributed by atoms with Crippen molar-refractivity contribution >= 4 is 55.9 Å². The van der Waals surface area contributed by atoms with Crippen molar-refractivity contribution in [2.45, 2.75) is 13.8 Å². The standard InChI is InChI=1S/C22H16ClN3O6S/c1-3-31-22(28)18-11(2)17-20(27)24-19(25-21(17)33-18)15(23)10-14-8-9-16(32-14)12-4-6-13(7-5-12)26(29)30/h4-10H,3H2,1-2H3,(H,24,25,27)/b15-10-. The van der Waals surface area contributed by atoms with Crippen LogP contribution in [0.1, 0.15) is 33.7 Å². The molecule has 1 aromatic carbocycles. The van der Waals surface area contributed by atoms with Gasteiger partial charge in [0.15, 0.2) is 5.82 Å². The second kappa shape index (κ2) is 9.00. The molecule has 0 unspecified atom stereocenters. The molecule has 4 aromatic rings. The Bertz CT molecular complexity index is 1470. The summed E-state index contributed by atoms with van der Waals surface area (Å²) in [5.41, 5.74) is 0.725. The van der Waals surface area contributed by atoms with E-state index in [0.717, 1.165) is 11.3 Å². The highest BCUT2D eigenvalue weighted by Gasteiger charge is 2.20. The first-order chi connectivity index (χ1) is 15.8. The van der Waals surface area contributed by atoms with Crippen LogP contribution >= 0.6 is 22.9 Å². The molecule has 0 bridgehead atoms. The summed E-state index contributed by atoms with van der Waals surface area (Å²) in [5, 5.41) is 11.2. The lowest BCUT2D eigenvalue weighted by atomic mass is 10.1. The lowest BCUT2D eigenvalue weighted by Crippen LogP contribution is -2.10. The number of hydrogen-bond donors (Lipinski definition) is 1. The van der Waals surface area contributed by atoms with E-state index in [2.05, 4.69) is 9.97 Å². The zero-order chi connectivity index (χ0) is 23.7. The number of non-ortho nitro benzene ring substituents is 1. The summed E-state index contributed by atoms with van der Waals surface area (Å²) in [7, 11) is 0. The van der Waals surface area contributed by atoms with E-state index in [9.17, 15) is 19.7 Å². The van der Waals surface area contributed by atoms with Crippen molar-refractivity contribution in [3.05, 3.63) is 78.9 Å². The van der Waals surface area contributed by atoms with Crippen LogP contribution in [0.15, 0.2) is 45.6 Å². The summed E-state index contributed by atoms with van der Waals surface area (Å²) in [6, 6.07) is 9.31. The number of esters is 1. The molecule has 0 aliphatic carbocycles. The van der Waals surface area contributed by atoms with Crippen LogP contribution in [0.25, 0.3) is 32.6 Å². The number of aromatic nitrogens is 2. The van der Waals surface area contributed by atoms with Gasteiger partial charge in [-0.2, -0.15) is 0 Å². The molecule has 9 nitrogen and oxygen atoms in total. The van der Waals surface area contributed by atoms with Crippen molar-refractivity contribution in [3.8, 4) is 11.3 Å². The van der Waals surface area contributed by atoms with Crippen molar-refractivity contribution < 1.29 is 18.9 Å². The number of benzene rings is 1. The first kappa shape index (κ1) is 22.4. The summed E-state index contributed by atoms with van der Waals surface area (Å²) in [5.74, 6) is 0.505. The van der Waals surface area contributed by atoms with E-state index in [-0.39, 0.29) is 23.2 Å². The molecular formula is C22H16ClN3O6S. The Morgan fingerprint density at radius 3 is 2.70 bits per heavy atom. The van der Waals surface area contributed by atoms with Gasteiger partial charge < -0.3 is 14.1 Å². The number of aryl methyl sites for hydroxylation is 1. The number of fused-ring (bicyclic) bond motifs is 1. The highest BCUT2D eigenvalue weighted by molar-refractivity contribution is 7.20. The van der Waals surface area contributed by atoms with Gasteiger partial charge in [-0.25, -0.2) is 9.78 Å². The number of nitrogens with zero attached hydrogens (tertiary/aromatic N) is 2. The van der Waals surface area contributed by atoms with E-state index in [4.69, 9.17) is 20.8 Å². The normalized spacial score (nSPS) is 11.7. The third kappa shape index (κ3) is 4.43. The number of nitro groups is 1. The molecule has 11 heteroatoms. The second-order valence-electron chi connectivity index (χ2n) is 6.87. The van der Waals surface area contributed by atoms with Gasteiger partial charge in [-0.3, -0.25) is 14.9 Å². The van der Waals surface area contributed by atoms with Gasteiger partial charge in [0.1, 0.15) is 21.2 Å². The van der Waals surface area contributed by atoms with Crippen molar-refractivity contribution in [3.63, 3.8) is 0 Å². The van der Waals surface area contributed by atoms with E-state index in [1.807, 2.05) is 0 Å². The number of carbonyl (C=O) groups is 1. The van der Waals surface area contributed by atoms with Crippen LogP contribution in [-0.2, 0) is 4.74 Å². The minimum atomic E-state index is -0.505. The molecule has 0 amide bonds. The Morgan fingerprint density at radius 2 is 2.03 bits per heavy atom. The number of carbonyl (C=O) groups excluding carboxylic acids is 1. The monoisotopic (exact) mass is 485 g/mol. The highest BCUT2D eigenvalue weighted by Crippen LogP contribution is 2.30. The van der Waals surface area contributed by atoms with Gasteiger partial charge >= 0.3 is 5.97 Å². The molecule has 0 aliphatic heterocycles. The van der Waals surface area contributed by atoms with Crippen molar-refractivity contribution in [2.24, 2.45) is 0 Å². The minimum absolute atomic E-state index is 0.0196. The van der Waals surface area contributed by atoms with Gasteiger partial charge in [-0.15, -0.1) is 11.3 Å². The summed E-state index contributed by atoms with van der Waals surface area (Å²) in [4.78, 5) is 42.8. The zero-order valence-corrected chi connectivity index (χ0v) is 19.0. The molecule has 0 saturated carbocycles. The largest absolute Gasteiger partial charge is 0.462 e. The average molecular weight is 486 g/mol. The van der Waals surface area contributed by atoms with Crippen molar-refractivity contribution in [2.75, 3.05) is 6.61 Å². The number of ether oxygens (including phenoxy) is 1. The molecule has 1 N–H and O–H groups in total. The number of thiophene rings is 1. The van der Waals surface area contributed by atoms with Gasteiger partial charge in [-0.05, 0) is 43.7 Å². The van der Waals surface area contributed by atoms with Crippen LogP contribution in [-0.4, -0.2) is 27.5 Å². The molecule has 0 radical (unpaired) electrons. The topological polar surface area (TPSA) is 128 Å². The van der Waals surface area contributed by atoms with Gasteiger partial charge in [-0.1, -0.05) is 11.6 Å². The van der Waals surface area contributed by atoms with Crippen LogP contribution in [0.5, 0.6) is 0 Å². The van der Waals surface area contributed by atoms with E-state index < -0.39 is 16.5 Å². The fraction of sp³-hybridized carbons (Fsp3) is 0.136. The minimum Gasteiger partial charge on any atom is -0.462 e. The third-order valence-corrected chi connectivity index (χ3v) is 6.20. The molecule has 4 rings (SSSR count). The predicted molar refractivity (Wildman–Crippen MR) is 125 cm³/mol. The summed E-state index contributed by atoms with van der Waals surface area (Å²) < 4.78 is 10.8. The highest BCUT2D eigenvalue weighted by atomic mass is 35.5. The Hall–Kier alpha value is -3.76. The Balaban J connectivity index is 1.65. The molecule has 33 heavy (non-hydrogen) atoms. The van der Waals surface area contributed by atoms with Crippen LogP contribution in [0.3, 0.4) is 0 Å². The number of nitro benzene ring substituents is 1. The Kier molecular flexibility index (Phi) is 6.12. The lowest BCUT2D eigenvalue weighted by Gasteiger charge is -2.00. The first-order valence-electron chi connectivity index (χ1n) is 9.71. The number of hydrogen-bond acceptors (Lipinski definition) is 8.